The van der Waals surface area contributed by atoms with Gasteiger partial charge in [-0.3, -0.25) is 9.69 Å². The van der Waals surface area contributed by atoms with Crippen LogP contribution in [0.3, 0.4) is 0 Å². The summed E-state index contributed by atoms with van der Waals surface area (Å²) < 4.78 is 0. The van der Waals surface area contributed by atoms with E-state index in [0.717, 1.165) is 13.0 Å². The summed E-state index contributed by atoms with van der Waals surface area (Å²) in [4.78, 5) is 15.6. The Hall–Kier alpha value is -1.01. The first-order valence-electron chi connectivity index (χ1n) is 6.27. The first kappa shape index (κ1) is 11.5. The van der Waals surface area contributed by atoms with Crippen molar-refractivity contribution < 1.29 is 4.79 Å². The van der Waals surface area contributed by atoms with Crippen LogP contribution >= 0.6 is 0 Å². The van der Waals surface area contributed by atoms with Crippen molar-refractivity contribution in [3.8, 4) is 11.8 Å². The zero-order valence-electron chi connectivity index (χ0n) is 10.0. The number of carbonyl (C=O) groups is 1. The quantitative estimate of drug-likeness (QED) is 0.651. The van der Waals surface area contributed by atoms with E-state index >= 15 is 0 Å². The first-order chi connectivity index (χ1) is 7.77. The van der Waals surface area contributed by atoms with Gasteiger partial charge in [0.05, 0.1) is 12.6 Å². The Balaban J connectivity index is 1.78. The normalized spacial score (nSPS) is 23.3. The zero-order valence-corrected chi connectivity index (χ0v) is 10.0. The van der Waals surface area contributed by atoms with E-state index in [2.05, 4.69) is 23.7 Å². The fourth-order valence-corrected chi connectivity index (χ4v) is 2.38. The highest BCUT2D eigenvalue weighted by Crippen LogP contribution is 2.11. The predicted octanol–water partition coefficient (Wildman–Crippen LogP) is 1.10. The van der Waals surface area contributed by atoms with E-state index in [-0.39, 0.29) is 5.91 Å². The van der Waals surface area contributed by atoms with E-state index in [1.54, 1.807) is 0 Å². The van der Waals surface area contributed by atoms with Crippen molar-refractivity contribution in [2.45, 2.75) is 38.6 Å². The standard InChI is InChI=1S/C13H20N2O/c1-12(14-8-2-3-9-14)6-4-10-15-11-5-7-13(15)16/h12H,2-3,5,7-11H2,1H3. The van der Waals surface area contributed by atoms with Gasteiger partial charge >= 0.3 is 0 Å². The molecule has 0 N–H and O–H groups in total. The lowest BCUT2D eigenvalue weighted by Gasteiger charge is -2.18. The SMILES string of the molecule is CC(C#CCN1CCCC1=O)N1CCCC1. The van der Waals surface area contributed by atoms with Crippen LogP contribution in [-0.4, -0.2) is 47.9 Å². The predicted molar refractivity (Wildman–Crippen MR) is 63.9 cm³/mol. The Kier molecular flexibility index (Phi) is 3.84. The molecule has 1 atom stereocenters. The highest BCUT2D eigenvalue weighted by atomic mass is 16.2. The molecule has 2 fully saturated rings. The molecule has 0 aromatic rings. The Morgan fingerprint density at radius 3 is 2.62 bits per heavy atom. The van der Waals surface area contributed by atoms with Crippen LogP contribution in [0.5, 0.6) is 0 Å². The largest absolute Gasteiger partial charge is 0.332 e. The van der Waals surface area contributed by atoms with E-state index < -0.39 is 0 Å². The highest BCUT2D eigenvalue weighted by Gasteiger charge is 2.19. The molecule has 0 bridgehead atoms. The number of nitrogens with zero attached hydrogens (tertiary/aromatic N) is 2. The first-order valence-corrected chi connectivity index (χ1v) is 6.27. The van der Waals surface area contributed by atoms with Gasteiger partial charge in [-0.25, -0.2) is 0 Å². The molecule has 3 nitrogen and oxygen atoms in total. The number of likely N-dealkylation sites (tertiary alicyclic amines) is 2. The van der Waals surface area contributed by atoms with Crippen LogP contribution in [0.15, 0.2) is 0 Å². The van der Waals surface area contributed by atoms with Crippen LogP contribution < -0.4 is 0 Å². The molecule has 2 heterocycles. The highest BCUT2D eigenvalue weighted by molar-refractivity contribution is 5.78. The van der Waals surface area contributed by atoms with Gasteiger partial charge in [-0.15, -0.1) is 0 Å². The minimum Gasteiger partial charge on any atom is -0.332 e. The third-order valence-corrected chi connectivity index (χ3v) is 3.44. The number of amides is 1. The average Bonchev–Trinajstić information content (AvgIpc) is 2.90. The fourth-order valence-electron chi connectivity index (χ4n) is 2.38. The average molecular weight is 220 g/mol. The molecular formula is C13H20N2O. The van der Waals surface area contributed by atoms with Crippen molar-refractivity contribution in [3.05, 3.63) is 0 Å². The second-order valence-corrected chi connectivity index (χ2v) is 4.66. The third-order valence-electron chi connectivity index (χ3n) is 3.44. The van der Waals surface area contributed by atoms with Gasteiger partial charge < -0.3 is 4.90 Å². The van der Waals surface area contributed by atoms with Crippen molar-refractivity contribution >= 4 is 5.91 Å². The molecule has 1 amide bonds. The van der Waals surface area contributed by atoms with E-state index in [0.29, 0.717) is 19.0 Å². The van der Waals surface area contributed by atoms with Crippen molar-refractivity contribution in [3.63, 3.8) is 0 Å². The van der Waals surface area contributed by atoms with Gasteiger partial charge in [0, 0.05) is 13.0 Å². The number of rotatable bonds is 2. The molecule has 2 saturated heterocycles. The van der Waals surface area contributed by atoms with E-state index in [9.17, 15) is 4.79 Å². The second-order valence-electron chi connectivity index (χ2n) is 4.66. The van der Waals surface area contributed by atoms with Gasteiger partial charge in [-0.05, 0) is 39.3 Å². The Morgan fingerprint density at radius 2 is 2.00 bits per heavy atom. The maximum atomic E-state index is 11.4. The van der Waals surface area contributed by atoms with Crippen LogP contribution in [0.1, 0.15) is 32.6 Å². The van der Waals surface area contributed by atoms with Crippen LogP contribution in [-0.2, 0) is 4.79 Å². The maximum Gasteiger partial charge on any atom is 0.223 e. The molecule has 2 rings (SSSR count). The summed E-state index contributed by atoms with van der Waals surface area (Å²) in [6.45, 7) is 6.03. The molecule has 0 aliphatic carbocycles. The zero-order chi connectivity index (χ0) is 11.4. The van der Waals surface area contributed by atoms with Gasteiger partial charge in [0.25, 0.3) is 0 Å². The maximum absolute atomic E-state index is 11.4. The Labute approximate surface area is 97.8 Å². The van der Waals surface area contributed by atoms with Gasteiger partial charge in [0.1, 0.15) is 0 Å². The van der Waals surface area contributed by atoms with Crippen molar-refractivity contribution in [2.24, 2.45) is 0 Å². The Bertz CT molecular complexity index is 310. The third kappa shape index (κ3) is 2.76. The minimum absolute atomic E-state index is 0.267. The molecule has 88 valence electrons. The molecule has 16 heavy (non-hydrogen) atoms. The van der Waals surface area contributed by atoms with Crippen LogP contribution in [0.2, 0.25) is 0 Å². The van der Waals surface area contributed by atoms with Crippen LogP contribution in [0, 0.1) is 11.8 Å². The molecule has 0 saturated carbocycles. The number of carbonyl (C=O) groups excluding carboxylic acids is 1. The van der Waals surface area contributed by atoms with Crippen LogP contribution in [0.25, 0.3) is 0 Å². The summed E-state index contributed by atoms with van der Waals surface area (Å²) in [6, 6.07) is 0.347. The van der Waals surface area contributed by atoms with E-state index in [1.165, 1.54) is 25.9 Å². The monoisotopic (exact) mass is 220 g/mol. The molecule has 2 aliphatic heterocycles. The topological polar surface area (TPSA) is 23.6 Å². The lowest BCUT2D eigenvalue weighted by molar-refractivity contribution is -0.127. The van der Waals surface area contributed by atoms with Crippen LogP contribution in [0.4, 0.5) is 0 Å². The number of hydrogen-bond donors (Lipinski definition) is 0. The molecular weight excluding hydrogens is 200 g/mol. The second kappa shape index (κ2) is 5.36. The van der Waals surface area contributed by atoms with Gasteiger partial charge in [0.15, 0.2) is 0 Å². The summed E-state index contributed by atoms with van der Waals surface area (Å²) in [5, 5.41) is 0. The molecule has 2 aliphatic rings. The van der Waals surface area contributed by atoms with E-state index in [4.69, 9.17) is 0 Å². The summed E-state index contributed by atoms with van der Waals surface area (Å²) >= 11 is 0. The fraction of sp³-hybridized carbons (Fsp3) is 0.769. The minimum atomic E-state index is 0.267. The van der Waals surface area contributed by atoms with Gasteiger partial charge in [-0.1, -0.05) is 11.8 Å². The Morgan fingerprint density at radius 1 is 1.25 bits per heavy atom. The van der Waals surface area contributed by atoms with Crippen molar-refractivity contribution in [1.82, 2.24) is 9.80 Å². The molecule has 3 heteroatoms. The molecule has 0 aromatic carbocycles. The molecule has 0 radical (unpaired) electrons. The lowest BCUT2D eigenvalue weighted by Crippen LogP contribution is -2.29. The molecule has 0 spiro atoms. The van der Waals surface area contributed by atoms with Gasteiger partial charge in [0.2, 0.25) is 5.91 Å². The summed E-state index contributed by atoms with van der Waals surface area (Å²) in [7, 11) is 0. The van der Waals surface area contributed by atoms with Crippen molar-refractivity contribution in [2.75, 3.05) is 26.2 Å². The lowest BCUT2D eigenvalue weighted by atomic mass is 10.3. The summed E-state index contributed by atoms with van der Waals surface area (Å²) in [5.74, 6) is 6.67. The van der Waals surface area contributed by atoms with Crippen molar-refractivity contribution in [1.29, 1.82) is 0 Å². The smallest absolute Gasteiger partial charge is 0.223 e. The van der Waals surface area contributed by atoms with E-state index in [1.807, 2.05) is 4.90 Å². The number of hydrogen-bond acceptors (Lipinski definition) is 2. The van der Waals surface area contributed by atoms with Gasteiger partial charge in [-0.2, -0.15) is 0 Å². The molecule has 0 aromatic heterocycles. The molecule has 1 unspecified atom stereocenters. The summed E-state index contributed by atoms with van der Waals surface area (Å²) in [6.07, 6.45) is 4.32. The summed E-state index contributed by atoms with van der Waals surface area (Å²) in [5.41, 5.74) is 0.